The molecule has 10 heteroatoms. The number of para-hydroxylation sites is 2. The van der Waals surface area contributed by atoms with Gasteiger partial charge in [-0.15, -0.1) is 0 Å². The lowest BCUT2D eigenvalue weighted by atomic mass is 10.1. The van der Waals surface area contributed by atoms with Crippen molar-refractivity contribution < 1.29 is 23.7 Å². The molecule has 0 spiro atoms. The van der Waals surface area contributed by atoms with E-state index in [0.717, 1.165) is 0 Å². The molecule has 1 amide bonds. The van der Waals surface area contributed by atoms with Crippen molar-refractivity contribution in [2.45, 2.75) is 20.1 Å². The van der Waals surface area contributed by atoms with Gasteiger partial charge < -0.3 is 34.5 Å². The fourth-order valence-electron chi connectivity index (χ4n) is 4.10. The van der Waals surface area contributed by atoms with Gasteiger partial charge in [0.2, 0.25) is 11.9 Å². The second kappa shape index (κ2) is 10.1. The fraction of sp³-hybridized carbons (Fsp3) is 0.400. The largest absolute Gasteiger partial charge is 0.493 e. The summed E-state index contributed by atoms with van der Waals surface area (Å²) in [5.74, 6) is 2.89. The first-order chi connectivity index (χ1) is 16.9. The van der Waals surface area contributed by atoms with Crippen molar-refractivity contribution in [3.05, 3.63) is 36.4 Å². The first-order valence-corrected chi connectivity index (χ1v) is 11.4. The minimum Gasteiger partial charge on any atom is -0.493 e. The summed E-state index contributed by atoms with van der Waals surface area (Å²) in [4.78, 5) is 25.8. The molecular formula is C25H31N5O5. The Morgan fingerprint density at radius 3 is 2.29 bits per heavy atom. The van der Waals surface area contributed by atoms with Gasteiger partial charge in [0.25, 0.3) is 0 Å². The highest BCUT2D eigenvalue weighted by Gasteiger charge is 2.34. The number of hydrogen-bond donors (Lipinski definition) is 1. The SMILES string of the molecule is COc1cc2nc(N3CCN(C(=O)C(C)C)CC3Oc3ccccc3OC)nc(N)c2cc1OC. The van der Waals surface area contributed by atoms with Crippen LogP contribution in [0, 0.1) is 5.92 Å². The highest BCUT2D eigenvalue weighted by molar-refractivity contribution is 5.91. The normalized spacial score (nSPS) is 15.9. The van der Waals surface area contributed by atoms with E-state index in [2.05, 4.69) is 4.98 Å². The second-order valence-corrected chi connectivity index (χ2v) is 8.49. The molecule has 2 heterocycles. The Kier molecular flexibility index (Phi) is 6.99. The minimum atomic E-state index is -0.556. The Morgan fingerprint density at radius 2 is 1.63 bits per heavy atom. The zero-order chi connectivity index (χ0) is 25.1. The first-order valence-electron chi connectivity index (χ1n) is 11.4. The van der Waals surface area contributed by atoms with E-state index in [1.54, 1.807) is 38.4 Å². The lowest BCUT2D eigenvalue weighted by molar-refractivity contribution is -0.136. The topological polar surface area (TPSA) is 112 Å². The van der Waals surface area contributed by atoms with Crippen LogP contribution in [0.4, 0.5) is 11.8 Å². The van der Waals surface area contributed by atoms with Gasteiger partial charge in [0, 0.05) is 30.5 Å². The monoisotopic (exact) mass is 481 g/mol. The first kappa shape index (κ1) is 24.2. The highest BCUT2D eigenvalue weighted by atomic mass is 16.5. The Labute approximate surface area is 204 Å². The van der Waals surface area contributed by atoms with Crippen LogP contribution in [0.1, 0.15) is 13.8 Å². The van der Waals surface area contributed by atoms with Crippen molar-refractivity contribution in [3.63, 3.8) is 0 Å². The minimum absolute atomic E-state index is 0.0639. The molecule has 1 unspecified atom stereocenters. The van der Waals surface area contributed by atoms with Crippen molar-refractivity contribution in [2.24, 2.45) is 5.92 Å². The molecule has 10 nitrogen and oxygen atoms in total. The van der Waals surface area contributed by atoms with E-state index >= 15 is 0 Å². The third-order valence-corrected chi connectivity index (χ3v) is 5.95. The molecule has 1 atom stereocenters. The predicted octanol–water partition coefficient (Wildman–Crippen LogP) is 2.95. The van der Waals surface area contributed by atoms with Crippen LogP contribution in [0.25, 0.3) is 10.9 Å². The summed E-state index contributed by atoms with van der Waals surface area (Å²) < 4.78 is 22.7. The predicted molar refractivity (Wildman–Crippen MR) is 133 cm³/mol. The molecule has 1 fully saturated rings. The van der Waals surface area contributed by atoms with E-state index in [9.17, 15) is 4.79 Å². The van der Waals surface area contributed by atoms with Crippen LogP contribution >= 0.6 is 0 Å². The van der Waals surface area contributed by atoms with Gasteiger partial charge in [-0.2, -0.15) is 4.98 Å². The van der Waals surface area contributed by atoms with Crippen molar-refractivity contribution >= 4 is 28.6 Å². The van der Waals surface area contributed by atoms with Gasteiger partial charge in [-0.05, 0) is 18.2 Å². The maximum Gasteiger partial charge on any atom is 0.230 e. The van der Waals surface area contributed by atoms with Gasteiger partial charge in [0.1, 0.15) is 5.82 Å². The quantitative estimate of drug-likeness (QED) is 0.544. The number of aromatic nitrogens is 2. The summed E-state index contributed by atoms with van der Waals surface area (Å²) in [7, 11) is 4.72. The standard InChI is InChI=1S/C25H31N5O5/c1-15(2)24(31)29-10-11-30(22(14-29)35-19-9-7-6-8-18(19)32-3)25-27-17-13-21(34-5)20(33-4)12-16(17)23(26)28-25/h6-9,12-13,15,22H,10-11,14H2,1-5H3,(H2,26,27,28). The number of amides is 1. The molecule has 2 aromatic carbocycles. The summed E-state index contributed by atoms with van der Waals surface area (Å²) in [5, 5.41) is 0.655. The molecule has 2 N–H and O–H groups in total. The smallest absolute Gasteiger partial charge is 0.230 e. The molecule has 0 aliphatic carbocycles. The molecular weight excluding hydrogens is 450 g/mol. The molecule has 1 saturated heterocycles. The summed E-state index contributed by atoms with van der Waals surface area (Å²) in [6.07, 6.45) is -0.556. The summed E-state index contributed by atoms with van der Waals surface area (Å²) in [6, 6.07) is 10.9. The van der Waals surface area contributed by atoms with Crippen LogP contribution < -0.4 is 29.6 Å². The molecule has 0 radical (unpaired) electrons. The van der Waals surface area contributed by atoms with Crippen molar-refractivity contribution in [3.8, 4) is 23.0 Å². The maximum absolute atomic E-state index is 12.8. The Bertz CT molecular complexity index is 1220. The van der Waals surface area contributed by atoms with Gasteiger partial charge in [0.05, 0.1) is 33.4 Å². The zero-order valence-electron chi connectivity index (χ0n) is 20.6. The lowest BCUT2D eigenvalue weighted by Gasteiger charge is -2.41. The number of fused-ring (bicyclic) bond motifs is 1. The van der Waals surface area contributed by atoms with Gasteiger partial charge in [-0.1, -0.05) is 26.0 Å². The van der Waals surface area contributed by atoms with E-state index in [4.69, 9.17) is 29.7 Å². The van der Waals surface area contributed by atoms with E-state index in [1.165, 1.54) is 0 Å². The van der Waals surface area contributed by atoms with Crippen LogP contribution in [0.5, 0.6) is 23.0 Å². The molecule has 0 bridgehead atoms. The molecule has 4 rings (SSSR count). The molecule has 186 valence electrons. The number of carbonyl (C=O) groups excluding carboxylic acids is 1. The van der Waals surface area contributed by atoms with Crippen LogP contribution in [-0.4, -0.2) is 68.0 Å². The van der Waals surface area contributed by atoms with E-state index in [0.29, 0.717) is 65.3 Å². The van der Waals surface area contributed by atoms with Crippen LogP contribution in [0.3, 0.4) is 0 Å². The van der Waals surface area contributed by atoms with Crippen molar-refractivity contribution in [1.29, 1.82) is 0 Å². The van der Waals surface area contributed by atoms with E-state index < -0.39 is 6.23 Å². The molecule has 35 heavy (non-hydrogen) atoms. The van der Waals surface area contributed by atoms with Crippen molar-refractivity contribution in [2.75, 3.05) is 51.6 Å². The van der Waals surface area contributed by atoms with Crippen LogP contribution in [0.2, 0.25) is 0 Å². The zero-order valence-corrected chi connectivity index (χ0v) is 20.6. The third-order valence-electron chi connectivity index (χ3n) is 5.95. The number of rotatable bonds is 7. The second-order valence-electron chi connectivity index (χ2n) is 8.49. The summed E-state index contributed by atoms with van der Waals surface area (Å²) in [6.45, 7) is 5.09. The van der Waals surface area contributed by atoms with Crippen LogP contribution in [-0.2, 0) is 4.79 Å². The van der Waals surface area contributed by atoms with Gasteiger partial charge >= 0.3 is 0 Å². The number of nitrogens with two attached hydrogens (primary N) is 1. The van der Waals surface area contributed by atoms with Gasteiger partial charge in [0.15, 0.2) is 29.2 Å². The Hall–Kier alpha value is -3.95. The average Bonchev–Trinajstić information content (AvgIpc) is 2.87. The van der Waals surface area contributed by atoms with E-state index in [-0.39, 0.29) is 11.8 Å². The summed E-state index contributed by atoms with van der Waals surface area (Å²) >= 11 is 0. The summed E-state index contributed by atoms with van der Waals surface area (Å²) in [5.41, 5.74) is 6.95. The van der Waals surface area contributed by atoms with Crippen LogP contribution in [0.15, 0.2) is 36.4 Å². The number of methoxy groups -OCH3 is 3. The number of carbonyl (C=O) groups is 1. The number of benzene rings is 2. The number of anilines is 2. The van der Waals surface area contributed by atoms with Gasteiger partial charge in [-0.3, -0.25) is 4.79 Å². The number of hydrogen-bond acceptors (Lipinski definition) is 9. The molecule has 3 aromatic rings. The maximum atomic E-state index is 12.8. The number of piperazine rings is 1. The Morgan fingerprint density at radius 1 is 0.971 bits per heavy atom. The highest BCUT2D eigenvalue weighted by Crippen LogP contribution is 2.35. The Balaban J connectivity index is 1.74. The lowest BCUT2D eigenvalue weighted by Crippen LogP contribution is -2.58. The fourth-order valence-corrected chi connectivity index (χ4v) is 4.10. The van der Waals surface area contributed by atoms with Crippen molar-refractivity contribution in [1.82, 2.24) is 14.9 Å². The van der Waals surface area contributed by atoms with Gasteiger partial charge in [-0.25, -0.2) is 4.98 Å². The average molecular weight is 482 g/mol. The molecule has 0 saturated carbocycles. The number of nitrogens with zero attached hydrogens (tertiary/aromatic N) is 4. The molecule has 1 aliphatic rings. The number of ether oxygens (including phenoxy) is 4. The third kappa shape index (κ3) is 4.82. The molecule has 1 aromatic heterocycles. The van der Waals surface area contributed by atoms with E-state index in [1.807, 2.05) is 43.0 Å². The molecule has 1 aliphatic heterocycles. The number of nitrogen functional groups attached to an aromatic ring is 1.